The molecule has 0 saturated carbocycles. The van der Waals surface area contributed by atoms with Crippen molar-refractivity contribution in [3.63, 3.8) is 0 Å². The zero-order chi connectivity index (χ0) is 22.7. The Labute approximate surface area is 184 Å². The number of hydrogen-bond donors (Lipinski definition) is 1. The topological polar surface area (TPSA) is 102 Å². The van der Waals surface area contributed by atoms with E-state index in [1.54, 1.807) is 24.3 Å². The summed E-state index contributed by atoms with van der Waals surface area (Å²) >= 11 is 0. The van der Waals surface area contributed by atoms with Crippen molar-refractivity contribution in [3.8, 4) is 5.75 Å². The van der Waals surface area contributed by atoms with Gasteiger partial charge in [0.05, 0.1) is 35.9 Å². The number of anilines is 2. The Morgan fingerprint density at radius 2 is 1.59 bits per heavy atom. The van der Waals surface area contributed by atoms with Crippen molar-refractivity contribution in [2.45, 2.75) is 12.8 Å². The van der Waals surface area contributed by atoms with Crippen LogP contribution in [0.5, 0.6) is 5.75 Å². The zero-order valence-electron chi connectivity index (χ0n) is 17.4. The molecule has 1 fully saturated rings. The fourth-order valence-corrected chi connectivity index (χ4v) is 3.95. The van der Waals surface area contributed by atoms with Crippen LogP contribution >= 0.6 is 0 Å². The standard InChI is InChI=1S/C24H22N2O6/c1-31-20-9-5-4-8-19(20)25-21(27)14-32-24(30)15-10-12-16(13-11-15)26-22(28)17-6-2-3-7-18(17)23(26)29/h2-5,8-13,17-18H,6-7,14H2,1H3,(H,25,27)/t17-,18+. The molecule has 4 rings (SSSR count). The summed E-state index contributed by atoms with van der Waals surface area (Å²) in [5.41, 5.74) is 1.09. The number of esters is 1. The van der Waals surface area contributed by atoms with E-state index in [0.717, 1.165) is 0 Å². The minimum Gasteiger partial charge on any atom is -0.495 e. The van der Waals surface area contributed by atoms with Gasteiger partial charge in [-0.15, -0.1) is 0 Å². The molecule has 1 aliphatic carbocycles. The minimum absolute atomic E-state index is 0.206. The molecular formula is C24H22N2O6. The largest absolute Gasteiger partial charge is 0.495 e. The number of methoxy groups -OCH3 is 1. The highest BCUT2D eigenvalue weighted by Gasteiger charge is 2.47. The van der Waals surface area contributed by atoms with Crippen molar-refractivity contribution < 1.29 is 28.7 Å². The van der Waals surface area contributed by atoms with Gasteiger partial charge in [-0.2, -0.15) is 0 Å². The summed E-state index contributed by atoms with van der Waals surface area (Å²) in [5, 5.41) is 2.62. The zero-order valence-corrected chi connectivity index (χ0v) is 17.4. The molecule has 0 radical (unpaired) electrons. The van der Waals surface area contributed by atoms with Crippen LogP contribution in [-0.4, -0.2) is 37.4 Å². The first-order chi connectivity index (χ1) is 15.5. The first-order valence-corrected chi connectivity index (χ1v) is 10.2. The van der Waals surface area contributed by atoms with Gasteiger partial charge in [-0.25, -0.2) is 4.79 Å². The highest BCUT2D eigenvalue weighted by atomic mass is 16.5. The number of allylic oxidation sites excluding steroid dienone is 2. The van der Waals surface area contributed by atoms with Gasteiger partial charge in [0, 0.05) is 0 Å². The number of ether oxygens (including phenoxy) is 2. The summed E-state index contributed by atoms with van der Waals surface area (Å²) in [7, 11) is 1.49. The van der Waals surface area contributed by atoms with Gasteiger partial charge in [0.15, 0.2) is 6.61 Å². The summed E-state index contributed by atoms with van der Waals surface area (Å²) in [6, 6.07) is 12.9. The van der Waals surface area contributed by atoms with Gasteiger partial charge in [0.25, 0.3) is 5.91 Å². The molecule has 8 nitrogen and oxygen atoms in total. The van der Waals surface area contributed by atoms with Gasteiger partial charge < -0.3 is 14.8 Å². The Morgan fingerprint density at radius 3 is 2.22 bits per heavy atom. The fourth-order valence-electron chi connectivity index (χ4n) is 3.95. The molecule has 0 spiro atoms. The maximum absolute atomic E-state index is 12.7. The lowest BCUT2D eigenvalue weighted by molar-refractivity contribution is -0.122. The van der Waals surface area contributed by atoms with E-state index >= 15 is 0 Å². The molecule has 0 unspecified atom stereocenters. The first-order valence-electron chi connectivity index (χ1n) is 10.2. The van der Waals surface area contributed by atoms with Crippen LogP contribution < -0.4 is 15.0 Å². The van der Waals surface area contributed by atoms with Gasteiger partial charge in [0.2, 0.25) is 11.8 Å². The lowest BCUT2D eigenvalue weighted by Crippen LogP contribution is -2.30. The number of nitrogens with one attached hydrogen (secondary N) is 1. The van der Waals surface area contributed by atoms with E-state index < -0.39 is 18.5 Å². The summed E-state index contributed by atoms with van der Waals surface area (Å²) in [6.45, 7) is -0.474. The molecule has 1 saturated heterocycles. The number of amides is 3. The number of fused-ring (bicyclic) bond motifs is 1. The molecule has 3 amide bonds. The normalized spacial score (nSPS) is 19.5. The number of para-hydroxylation sites is 2. The molecule has 2 aromatic carbocycles. The lowest BCUT2D eigenvalue weighted by Gasteiger charge is -2.15. The summed E-state index contributed by atoms with van der Waals surface area (Å²) in [5.74, 6) is -1.78. The molecule has 8 heteroatoms. The van der Waals surface area contributed by atoms with Crippen molar-refractivity contribution in [2.75, 3.05) is 23.9 Å². The number of hydrogen-bond acceptors (Lipinski definition) is 6. The highest BCUT2D eigenvalue weighted by molar-refractivity contribution is 6.22. The van der Waals surface area contributed by atoms with Crippen LogP contribution in [0.3, 0.4) is 0 Å². The number of imide groups is 1. The second-order valence-corrected chi connectivity index (χ2v) is 7.54. The second kappa shape index (κ2) is 9.05. The van der Waals surface area contributed by atoms with E-state index in [1.165, 1.54) is 36.3 Å². The van der Waals surface area contributed by atoms with Crippen LogP contribution in [0.15, 0.2) is 60.7 Å². The predicted octanol–water partition coefficient (Wildman–Crippen LogP) is 2.95. The monoisotopic (exact) mass is 434 g/mol. The third-order valence-corrected chi connectivity index (χ3v) is 5.58. The van der Waals surface area contributed by atoms with Gasteiger partial charge in [0.1, 0.15) is 5.75 Å². The molecule has 2 aliphatic rings. The number of benzene rings is 2. The third-order valence-electron chi connectivity index (χ3n) is 5.58. The Morgan fingerprint density at radius 1 is 0.969 bits per heavy atom. The molecule has 1 N–H and O–H groups in total. The van der Waals surface area contributed by atoms with Crippen LogP contribution in [0.4, 0.5) is 11.4 Å². The van der Waals surface area contributed by atoms with Gasteiger partial charge >= 0.3 is 5.97 Å². The average molecular weight is 434 g/mol. The number of rotatable bonds is 6. The number of nitrogens with zero attached hydrogens (tertiary/aromatic N) is 1. The maximum Gasteiger partial charge on any atom is 0.338 e. The van der Waals surface area contributed by atoms with E-state index in [1.807, 2.05) is 12.2 Å². The van der Waals surface area contributed by atoms with Gasteiger partial charge in [-0.3, -0.25) is 19.3 Å². The molecule has 1 heterocycles. The predicted molar refractivity (Wildman–Crippen MR) is 116 cm³/mol. The van der Waals surface area contributed by atoms with Crippen LogP contribution in [0.1, 0.15) is 23.2 Å². The molecule has 1 aliphatic heterocycles. The van der Waals surface area contributed by atoms with Crippen LogP contribution in [0.25, 0.3) is 0 Å². The first kappa shape index (κ1) is 21.3. The smallest absolute Gasteiger partial charge is 0.338 e. The maximum atomic E-state index is 12.7. The van der Waals surface area contributed by atoms with Crippen LogP contribution in [-0.2, 0) is 19.1 Å². The lowest BCUT2D eigenvalue weighted by atomic mass is 9.85. The Hall–Kier alpha value is -3.94. The molecule has 2 aromatic rings. The van der Waals surface area contributed by atoms with Crippen molar-refractivity contribution in [3.05, 3.63) is 66.2 Å². The molecular weight excluding hydrogens is 412 g/mol. The van der Waals surface area contributed by atoms with Crippen LogP contribution in [0.2, 0.25) is 0 Å². The van der Waals surface area contributed by atoms with Crippen molar-refractivity contribution in [2.24, 2.45) is 11.8 Å². The summed E-state index contributed by atoms with van der Waals surface area (Å²) in [4.78, 5) is 50.9. The SMILES string of the molecule is COc1ccccc1NC(=O)COC(=O)c1ccc(N2C(=O)[C@H]3CC=CC[C@H]3C2=O)cc1. The summed E-state index contributed by atoms with van der Waals surface area (Å²) < 4.78 is 10.2. The van der Waals surface area contributed by atoms with Crippen LogP contribution in [0, 0.1) is 11.8 Å². The van der Waals surface area contributed by atoms with E-state index in [4.69, 9.17) is 9.47 Å². The molecule has 0 bridgehead atoms. The average Bonchev–Trinajstić information content (AvgIpc) is 3.08. The van der Waals surface area contributed by atoms with E-state index in [9.17, 15) is 19.2 Å². The highest BCUT2D eigenvalue weighted by Crippen LogP contribution is 2.37. The van der Waals surface area contributed by atoms with Crippen molar-refractivity contribution >= 4 is 35.1 Å². The minimum atomic E-state index is -0.691. The van der Waals surface area contributed by atoms with Crippen molar-refractivity contribution in [1.82, 2.24) is 0 Å². The van der Waals surface area contributed by atoms with E-state index in [2.05, 4.69) is 5.32 Å². The Balaban J connectivity index is 1.36. The quantitative estimate of drug-likeness (QED) is 0.426. The molecule has 0 aromatic heterocycles. The number of carbonyl (C=O) groups excluding carboxylic acids is 4. The van der Waals surface area contributed by atoms with E-state index in [-0.39, 0.29) is 29.2 Å². The van der Waals surface area contributed by atoms with Gasteiger partial charge in [-0.05, 0) is 49.2 Å². The number of carbonyl (C=O) groups is 4. The van der Waals surface area contributed by atoms with Crippen molar-refractivity contribution in [1.29, 1.82) is 0 Å². The molecule has 2 atom stereocenters. The fraction of sp³-hybridized carbons (Fsp3) is 0.250. The van der Waals surface area contributed by atoms with E-state index in [0.29, 0.717) is 30.0 Å². The Bertz CT molecular complexity index is 1070. The third kappa shape index (κ3) is 4.12. The molecule has 32 heavy (non-hydrogen) atoms. The van der Waals surface area contributed by atoms with Gasteiger partial charge in [-0.1, -0.05) is 24.3 Å². The second-order valence-electron chi connectivity index (χ2n) is 7.54. The molecule has 164 valence electrons. The Kier molecular flexibility index (Phi) is 6.02. The summed E-state index contributed by atoms with van der Waals surface area (Å²) in [6.07, 6.45) is 4.98.